The molecular formula is C21H17N3O4S. The summed E-state index contributed by atoms with van der Waals surface area (Å²) in [5, 5.41) is 12.5. The maximum absolute atomic E-state index is 12.6. The summed E-state index contributed by atoms with van der Waals surface area (Å²) >= 11 is 1.10. The van der Waals surface area contributed by atoms with Gasteiger partial charge in [-0.25, -0.2) is 0 Å². The highest BCUT2D eigenvalue weighted by molar-refractivity contribution is 7.99. The molecule has 146 valence electrons. The van der Waals surface area contributed by atoms with Crippen LogP contribution in [-0.2, 0) is 14.3 Å². The number of thioether (sulfide) groups is 1. The van der Waals surface area contributed by atoms with E-state index in [0.717, 1.165) is 22.7 Å². The SMILES string of the molecule is C#CCOCC(C#N)(C=O)NC(=O)C(Oc1ccc2ncc(C#C)cc2c1)SC. The van der Waals surface area contributed by atoms with E-state index >= 15 is 0 Å². The molecule has 0 bridgehead atoms. The lowest BCUT2D eigenvalue weighted by Crippen LogP contribution is -2.55. The predicted octanol–water partition coefficient (Wildman–Crippen LogP) is 1.51. The van der Waals surface area contributed by atoms with Crippen molar-refractivity contribution in [2.24, 2.45) is 0 Å². The Morgan fingerprint density at radius 2 is 2.24 bits per heavy atom. The van der Waals surface area contributed by atoms with Crippen molar-refractivity contribution in [2.45, 2.75) is 11.0 Å². The van der Waals surface area contributed by atoms with E-state index in [0.29, 0.717) is 17.6 Å². The van der Waals surface area contributed by atoms with Crippen molar-refractivity contribution in [3.63, 3.8) is 0 Å². The molecule has 0 aliphatic heterocycles. The number of rotatable bonds is 9. The highest BCUT2D eigenvalue weighted by atomic mass is 32.2. The third-order valence-corrected chi connectivity index (χ3v) is 4.49. The standard InChI is InChI=1S/C21H17N3O4S/c1-4-8-27-14-21(12-22,13-25)24-19(26)20(29-3)28-17-6-7-18-16(10-17)9-15(5-2)11-23-18/h1-2,6-7,9-11,13,20H,8,14H2,3H3,(H,24,26). The van der Waals surface area contributed by atoms with E-state index in [-0.39, 0.29) is 13.2 Å². The number of fused-ring (bicyclic) bond motifs is 1. The Morgan fingerprint density at radius 3 is 2.86 bits per heavy atom. The second-order valence-electron chi connectivity index (χ2n) is 5.80. The van der Waals surface area contributed by atoms with Crippen molar-refractivity contribution in [3.05, 3.63) is 36.0 Å². The van der Waals surface area contributed by atoms with E-state index in [1.165, 1.54) is 0 Å². The van der Waals surface area contributed by atoms with Gasteiger partial charge in [-0.05, 0) is 30.5 Å². The topological polar surface area (TPSA) is 101 Å². The van der Waals surface area contributed by atoms with Crippen molar-refractivity contribution in [3.8, 4) is 36.5 Å². The van der Waals surface area contributed by atoms with Gasteiger partial charge < -0.3 is 14.8 Å². The number of hydrogen-bond acceptors (Lipinski definition) is 7. The molecule has 2 rings (SSSR count). The van der Waals surface area contributed by atoms with Crippen LogP contribution in [0.3, 0.4) is 0 Å². The number of carbonyl (C=O) groups is 2. The van der Waals surface area contributed by atoms with Gasteiger partial charge in [-0.1, -0.05) is 11.8 Å². The van der Waals surface area contributed by atoms with Crippen LogP contribution in [0.25, 0.3) is 10.9 Å². The first-order chi connectivity index (χ1) is 14.0. The van der Waals surface area contributed by atoms with Crippen LogP contribution in [0.15, 0.2) is 30.5 Å². The Balaban J connectivity index is 2.18. The molecular weight excluding hydrogens is 390 g/mol. The number of pyridine rings is 1. The number of nitrogens with zero attached hydrogens (tertiary/aromatic N) is 2. The molecule has 1 N–H and O–H groups in total. The molecule has 0 aliphatic rings. The van der Waals surface area contributed by atoms with E-state index < -0.39 is 16.9 Å². The summed E-state index contributed by atoms with van der Waals surface area (Å²) < 4.78 is 10.8. The predicted molar refractivity (Wildman–Crippen MR) is 110 cm³/mol. The normalized spacial score (nSPS) is 13.2. The maximum Gasteiger partial charge on any atom is 0.273 e. The number of hydrogen-bond donors (Lipinski definition) is 1. The average molecular weight is 407 g/mol. The zero-order valence-electron chi connectivity index (χ0n) is 15.5. The molecule has 0 radical (unpaired) electrons. The van der Waals surface area contributed by atoms with E-state index in [2.05, 4.69) is 22.1 Å². The smallest absolute Gasteiger partial charge is 0.273 e. The molecule has 0 fully saturated rings. The number of aromatic nitrogens is 1. The van der Waals surface area contributed by atoms with E-state index in [1.54, 1.807) is 42.8 Å². The summed E-state index contributed by atoms with van der Waals surface area (Å²) in [6, 6.07) is 8.62. The lowest BCUT2D eigenvalue weighted by molar-refractivity contribution is -0.129. The molecule has 1 aromatic carbocycles. The largest absolute Gasteiger partial charge is 0.470 e. The Morgan fingerprint density at radius 1 is 1.45 bits per heavy atom. The summed E-state index contributed by atoms with van der Waals surface area (Å²) in [7, 11) is 0. The van der Waals surface area contributed by atoms with Gasteiger partial charge in [-0.15, -0.1) is 24.6 Å². The van der Waals surface area contributed by atoms with Gasteiger partial charge in [0.1, 0.15) is 18.4 Å². The quantitative estimate of drug-likeness (QED) is 0.291. The fraction of sp³-hybridized carbons (Fsp3) is 0.238. The maximum atomic E-state index is 12.6. The molecule has 0 aliphatic carbocycles. The minimum atomic E-state index is -1.86. The minimum Gasteiger partial charge on any atom is -0.470 e. The van der Waals surface area contributed by atoms with Gasteiger partial charge >= 0.3 is 0 Å². The number of ether oxygens (including phenoxy) is 2. The van der Waals surface area contributed by atoms with Gasteiger partial charge in [0.25, 0.3) is 5.91 Å². The third-order valence-electron chi connectivity index (χ3n) is 3.75. The van der Waals surface area contributed by atoms with Crippen LogP contribution in [0, 0.1) is 36.0 Å². The number of nitrogens with one attached hydrogen (secondary N) is 1. The first-order valence-corrected chi connectivity index (χ1v) is 9.56. The Labute approximate surface area is 172 Å². The lowest BCUT2D eigenvalue weighted by atomic mass is 10.1. The molecule has 1 heterocycles. The summed E-state index contributed by atoms with van der Waals surface area (Å²) in [4.78, 5) is 28.3. The zero-order valence-corrected chi connectivity index (χ0v) is 16.4. The summed E-state index contributed by atoms with van der Waals surface area (Å²) in [5.74, 6) is 4.48. The van der Waals surface area contributed by atoms with Crippen molar-refractivity contribution in [2.75, 3.05) is 19.5 Å². The summed E-state index contributed by atoms with van der Waals surface area (Å²) in [6.07, 6.45) is 14.0. The highest BCUT2D eigenvalue weighted by Crippen LogP contribution is 2.23. The minimum absolute atomic E-state index is 0.0969. The fourth-order valence-electron chi connectivity index (χ4n) is 2.33. The van der Waals surface area contributed by atoms with Crippen LogP contribution in [-0.4, -0.2) is 47.6 Å². The van der Waals surface area contributed by atoms with E-state index in [1.807, 2.05) is 0 Å². The number of amides is 1. The zero-order chi connectivity index (χ0) is 21.3. The van der Waals surface area contributed by atoms with Gasteiger partial charge in [0, 0.05) is 17.1 Å². The molecule has 0 spiro atoms. The molecule has 0 saturated carbocycles. The van der Waals surface area contributed by atoms with Crippen LogP contribution in [0.5, 0.6) is 5.75 Å². The van der Waals surface area contributed by atoms with Crippen molar-refractivity contribution in [1.29, 1.82) is 5.26 Å². The Bertz CT molecular complexity index is 1030. The fourth-order valence-corrected chi connectivity index (χ4v) is 2.81. The first kappa shape index (κ1) is 21.8. The first-order valence-electron chi connectivity index (χ1n) is 8.27. The van der Waals surface area contributed by atoms with Gasteiger partial charge in [0.15, 0.2) is 6.29 Å². The average Bonchev–Trinajstić information content (AvgIpc) is 2.76. The molecule has 7 nitrogen and oxygen atoms in total. The van der Waals surface area contributed by atoms with Gasteiger partial charge in [-0.2, -0.15) is 5.26 Å². The number of terminal acetylenes is 2. The molecule has 2 aromatic rings. The number of benzene rings is 1. The molecule has 8 heteroatoms. The van der Waals surface area contributed by atoms with Crippen molar-refractivity contribution in [1.82, 2.24) is 10.3 Å². The summed E-state index contributed by atoms with van der Waals surface area (Å²) in [5.41, 5.74) is -1.54. The number of nitriles is 1. The number of aldehydes is 1. The van der Waals surface area contributed by atoms with Gasteiger partial charge in [0.05, 0.1) is 12.1 Å². The van der Waals surface area contributed by atoms with Crippen LogP contribution >= 0.6 is 11.8 Å². The van der Waals surface area contributed by atoms with Gasteiger partial charge in [0.2, 0.25) is 11.0 Å². The molecule has 29 heavy (non-hydrogen) atoms. The molecule has 2 atom stereocenters. The molecule has 0 saturated heterocycles. The number of carbonyl (C=O) groups excluding carboxylic acids is 2. The molecule has 2 unspecified atom stereocenters. The van der Waals surface area contributed by atoms with Crippen LogP contribution < -0.4 is 10.1 Å². The van der Waals surface area contributed by atoms with E-state index in [9.17, 15) is 14.9 Å². The Kier molecular flexibility index (Phi) is 7.62. The summed E-state index contributed by atoms with van der Waals surface area (Å²) in [6.45, 7) is -0.471. The van der Waals surface area contributed by atoms with Crippen LogP contribution in [0.1, 0.15) is 5.56 Å². The van der Waals surface area contributed by atoms with Crippen molar-refractivity contribution < 1.29 is 19.1 Å². The molecule has 1 amide bonds. The molecule has 1 aromatic heterocycles. The van der Waals surface area contributed by atoms with E-state index in [4.69, 9.17) is 22.3 Å². The van der Waals surface area contributed by atoms with Crippen LogP contribution in [0.2, 0.25) is 0 Å². The Hall–Kier alpha value is -3.51. The monoisotopic (exact) mass is 407 g/mol. The van der Waals surface area contributed by atoms with Crippen molar-refractivity contribution >= 4 is 34.9 Å². The third kappa shape index (κ3) is 5.49. The lowest BCUT2D eigenvalue weighted by Gasteiger charge is -2.24. The highest BCUT2D eigenvalue weighted by Gasteiger charge is 2.35. The van der Waals surface area contributed by atoms with Crippen LogP contribution in [0.4, 0.5) is 0 Å². The second kappa shape index (κ2) is 10.1. The van der Waals surface area contributed by atoms with Gasteiger partial charge in [-0.3, -0.25) is 14.6 Å². The second-order valence-corrected chi connectivity index (χ2v) is 6.70.